The molecule has 0 saturated carbocycles. The number of nitrogens with two attached hydrogens (primary N) is 1. The quantitative estimate of drug-likeness (QED) is 0.902. The fraction of sp³-hybridized carbons (Fsp3) is 0.444. The predicted octanol–water partition coefficient (Wildman–Crippen LogP) is 3.44. The van der Waals surface area contributed by atoms with Gasteiger partial charge in [-0.15, -0.1) is 0 Å². The molecule has 0 radical (unpaired) electrons. The molecule has 0 fully saturated rings. The molecule has 2 unspecified atom stereocenters. The first kappa shape index (κ1) is 15.0. The maximum atomic E-state index is 6.55. The molecule has 0 amide bonds. The van der Waals surface area contributed by atoms with Crippen molar-refractivity contribution >= 4 is 10.8 Å². The summed E-state index contributed by atoms with van der Waals surface area (Å²) in [7, 11) is 4.24. The molecule has 0 aliphatic carbocycles. The number of benzene rings is 2. The highest BCUT2D eigenvalue weighted by molar-refractivity contribution is 5.85. The largest absolute Gasteiger partial charge is 0.326 e. The van der Waals surface area contributed by atoms with Crippen LogP contribution in [0, 0.1) is 0 Å². The van der Waals surface area contributed by atoms with Crippen molar-refractivity contribution in [2.24, 2.45) is 5.73 Å². The molecule has 0 heterocycles. The van der Waals surface area contributed by atoms with Crippen LogP contribution < -0.4 is 5.73 Å². The lowest BCUT2D eigenvalue weighted by atomic mass is 9.84. The summed E-state index contributed by atoms with van der Waals surface area (Å²) in [6.07, 6.45) is 1.95. The highest BCUT2D eigenvalue weighted by Gasteiger charge is 2.32. The minimum atomic E-state index is 0.0247. The minimum Gasteiger partial charge on any atom is -0.326 e. The Kier molecular flexibility index (Phi) is 4.46. The highest BCUT2D eigenvalue weighted by Crippen LogP contribution is 2.25. The fourth-order valence-corrected chi connectivity index (χ4v) is 2.84. The van der Waals surface area contributed by atoms with E-state index in [9.17, 15) is 0 Å². The number of hydrogen-bond donors (Lipinski definition) is 1. The van der Waals surface area contributed by atoms with Crippen molar-refractivity contribution in [1.82, 2.24) is 4.90 Å². The lowest BCUT2D eigenvalue weighted by molar-refractivity contribution is 0.131. The first-order valence-corrected chi connectivity index (χ1v) is 7.38. The van der Waals surface area contributed by atoms with Crippen molar-refractivity contribution in [2.75, 3.05) is 14.1 Å². The minimum absolute atomic E-state index is 0.0247. The van der Waals surface area contributed by atoms with Crippen LogP contribution in [0.1, 0.15) is 25.8 Å². The van der Waals surface area contributed by atoms with E-state index < -0.39 is 0 Å². The summed E-state index contributed by atoms with van der Waals surface area (Å²) in [5.41, 5.74) is 7.91. The van der Waals surface area contributed by atoms with Crippen molar-refractivity contribution in [1.29, 1.82) is 0 Å². The molecule has 0 saturated heterocycles. The lowest BCUT2D eigenvalue weighted by Gasteiger charge is -2.41. The first-order chi connectivity index (χ1) is 9.49. The summed E-state index contributed by atoms with van der Waals surface area (Å²) in [4.78, 5) is 2.25. The van der Waals surface area contributed by atoms with Crippen molar-refractivity contribution in [3.8, 4) is 0 Å². The number of fused-ring (bicyclic) bond motifs is 1. The van der Waals surface area contributed by atoms with Crippen molar-refractivity contribution in [3.05, 3.63) is 48.0 Å². The SMILES string of the molecule is CCC(C)(C(N)Cc1cccc2ccccc12)N(C)C. The summed E-state index contributed by atoms with van der Waals surface area (Å²) >= 11 is 0. The third-order valence-electron chi connectivity index (χ3n) is 4.86. The third-order valence-corrected chi connectivity index (χ3v) is 4.86. The van der Waals surface area contributed by atoms with Crippen LogP contribution in [0.3, 0.4) is 0 Å². The zero-order chi connectivity index (χ0) is 14.8. The molecule has 2 nitrogen and oxygen atoms in total. The maximum absolute atomic E-state index is 6.55. The second-order valence-electron chi connectivity index (χ2n) is 6.05. The van der Waals surface area contributed by atoms with Crippen LogP contribution in [-0.2, 0) is 6.42 Å². The maximum Gasteiger partial charge on any atom is 0.0326 e. The third kappa shape index (κ3) is 2.72. The number of hydrogen-bond acceptors (Lipinski definition) is 2. The molecule has 2 aromatic carbocycles. The Hall–Kier alpha value is -1.38. The Morgan fingerprint density at radius 1 is 1.10 bits per heavy atom. The molecule has 0 bridgehead atoms. The van der Waals surface area contributed by atoms with E-state index >= 15 is 0 Å². The highest BCUT2D eigenvalue weighted by atomic mass is 15.2. The average molecular weight is 270 g/mol. The molecule has 0 aliphatic heterocycles. The van der Waals surface area contributed by atoms with E-state index in [1.807, 2.05) is 0 Å². The average Bonchev–Trinajstić information content (AvgIpc) is 2.46. The summed E-state index contributed by atoms with van der Waals surface area (Å²) in [5, 5.41) is 2.61. The second kappa shape index (κ2) is 5.94. The van der Waals surface area contributed by atoms with Gasteiger partial charge in [-0.25, -0.2) is 0 Å². The van der Waals surface area contributed by atoms with Crippen molar-refractivity contribution in [2.45, 2.75) is 38.3 Å². The van der Waals surface area contributed by atoms with Gasteiger partial charge < -0.3 is 10.6 Å². The molecule has 2 atom stereocenters. The van der Waals surface area contributed by atoms with Crippen molar-refractivity contribution in [3.63, 3.8) is 0 Å². The Labute approximate surface area is 122 Å². The Morgan fingerprint density at radius 2 is 1.75 bits per heavy atom. The van der Waals surface area contributed by atoms with Crippen LogP contribution in [0.4, 0.5) is 0 Å². The van der Waals surface area contributed by atoms with Gasteiger partial charge in [0.25, 0.3) is 0 Å². The molecule has 0 aliphatic rings. The van der Waals surface area contributed by atoms with E-state index in [0.29, 0.717) is 0 Å². The fourth-order valence-electron chi connectivity index (χ4n) is 2.84. The molecule has 2 aromatic rings. The van der Waals surface area contributed by atoms with Crippen molar-refractivity contribution < 1.29 is 0 Å². The standard InChI is InChI=1S/C18H26N2/c1-5-18(2,20(3)4)17(19)13-15-11-8-10-14-9-6-7-12-16(14)15/h6-12,17H,5,13,19H2,1-4H3. The summed E-state index contributed by atoms with van der Waals surface area (Å²) in [5.74, 6) is 0. The summed E-state index contributed by atoms with van der Waals surface area (Å²) < 4.78 is 0. The van der Waals surface area contributed by atoms with E-state index in [0.717, 1.165) is 12.8 Å². The van der Waals surface area contributed by atoms with Gasteiger partial charge in [0.2, 0.25) is 0 Å². The normalized spacial score (nSPS) is 16.3. The van der Waals surface area contributed by atoms with Gasteiger partial charge >= 0.3 is 0 Å². The smallest absolute Gasteiger partial charge is 0.0326 e. The van der Waals surface area contributed by atoms with Gasteiger partial charge in [0.05, 0.1) is 0 Å². The van der Waals surface area contributed by atoms with Crippen LogP contribution in [-0.4, -0.2) is 30.6 Å². The molecule has 0 spiro atoms. The zero-order valence-electron chi connectivity index (χ0n) is 13.1. The summed E-state index contributed by atoms with van der Waals surface area (Å²) in [6, 6.07) is 15.1. The van der Waals surface area contributed by atoms with Crippen LogP contribution in [0.15, 0.2) is 42.5 Å². The molecular formula is C18H26N2. The number of nitrogens with zero attached hydrogens (tertiary/aromatic N) is 1. The molecule has 2 rings (SSSR count). The predicted molar refractivity (Wildman–Crippen MR) is 88.0 cm³/mol. The van der Waals surface area contributed by atoms with E-state index in [-0.39, 0.29) is 11.6 Å². The van der Waals surface area contributed by atoms with E-state index in [1.54, 1.807) is 0 Å². The Balaban J connectivity index is 2.32. The van der Waals surface area contributed by atoms with Gasteiger partial charge in [0.15, 0.2) is 0 Å². The van der Waals surface area contributed by atoms with Gasteiger partial charge in [-0.2, -0.15) is 0 Å². The number of rotatable bonds is 5. The Morgan fingerprint density at radius 3 is 2.40 bits per heavy atom. The van der Waals surface area contributed by atoms with Crippen LogP contribution in [0.2, 0.25) is 0 Å². The topological polar surface area (TPSA) is 29.3 Å². The van der Waals surface area contributed by atoms with Gasteiger partial charge in [0.1, 0.15) is 0 Å². The zero-order valence-corrected chi connectivity index (χ0v) is 13.1. The molecule has 2 N–H and O–H groups in total. The van der Waals surface area contributed by atoms with E-state index in [2.05, 4.69) is 75.3 Å². The van der Waals surface area contributed by atoms with Crippen LogP contribution >= 0.6 is 0 Å². The van der Waals surface area contributed by atoms with Gasteiger partial charge in [-0.05, 0) is 50.2 Å². The van der Waals surface area contributed by atoms with Crippen LogP contribution in [0.25, 0.3) is 10.8 Å². The second-order valence-corrected chi connectivity index (χ2v) is 6.05. The van der Waals surface area contributed by atoms with Gasteiger partial charge in [-0.3, -0.25) is 0 Å². The Bertz CT molecular complexity index is 571. The van der Waals surface area contributed by atoms with Crippen LogP contribution in [0.5, 0.6) is 0 Å². The first-order valence-electron chi connectivity index (χ1n) is 7.38. The molecule has 0 aromatic heterocycles. The molecule has 2 heteroatoms. The molecule has 20 heavy (non-hydrogen) atoms. The van der Waals surface area contributed by atoms with E-state index in [4.69, 9.17) is 5.73 Å². The monoisotopic (exact) mass is 270 g/mol. The van der Waals surface area contributed by atoms with E-state index in [1.165, 1.54) is 16.3 Å². The van der Waals surface area contributed by atoms with Gasteiger partial charge in [0, 0.05) is 11.6 Å². The van der Waals surface area contributed by atoms with Gasteiger partial charge in [-0.1, -0.05) is 49.4 Å². The lowest BCUT2D eigenvalue weighted by Crippen LogP contribution is -2.55. The number of likely N-dealkylation sites (N-methyl/N-ethyl adjacent to an activating group) is 1. The molecular weight excluding hydrogens is 244 g/mol. The molecule has 108 valence electrons. The summed E-state index contributed by atoms with van der Waals surface area (Å²) in [6.45, 7) is 4.46.